The normalized spacial score (nSPS) is 11.1. The first kappa shape index (κ1) is 6.60. The van der Waals surface area contributed by atoms with Gasteiger partial charge in [-0.2, -0.15) is 0 Å². The molecule has 0 N–H and O–H groups in total. The summed E-state index contributed by atoms with van der Waals surface area (Å²) in [6.07, 6.45) is 3.72. The van der Waals surface area contributed by atoms with E-state index in [0.29, 0.717) is 0 Å². The Kier molecular flexibility index (Phi) is 1.16. The Hall–Kier alpha value is -1.90. The molecule has 0 saturated carbocycles. The standard InChI is InChI=1S/C10H7N3/c1-2-5-9-8(4-1)12-10-11-6-3-7-13(9)10/h1-7H. The molecule has 0 amide bonds. The van der Waals surface area contributed by atoms with Crippen molar-refractivity contribution < 1.29 is 0 Å². The summed E-state index contributed by atoms with van der Waals surface area (Å²) in [7, 11) is 0. The summed E-state index contributed by atoms with van der Waals surface area (Å²) in [5, 5.41) is 0. The fourth-order valence-electron chi connectivity index (χ4n) is 1.50. The molecule has 0 radical (unpaired) electrons. The van der Waals surface area contributed by atoms with Crippen LogP contribution in [0.3, 0.4) is 0 Å². The van der Waals surface area contributed by atoms with Crippen molar-refractivity contribution in [3.8, 4) is 0 Å². The second kappa shape index (κ2) is 2.29. The highest BCUT2D eigenvalue weighted by Gasteiger charge is 2.01. The van der Waals surface area contributed by atoms with E-state index in [9.17, 15) is 0 Å². The number of benzene rings is 1. The molecule has 0 aliphatic heterocycles. The van der Waals surface area contributed by atoms with E-state index in [1.807, 2.05) is 40.9 Å². The van der Waals surface area contributed by atoms with E-state index in [0.717, 1.165) is 16.8 Å². The smallest absolute Gasteiger partial charge is 0.234 e. The second-order valence-corrected chi connectivity index (χ2v) is 2.89. The van der Waals surface area contributed by atoms with Gasteiger partial charge in [-0.3, -0.25) is 4.40 Å². The van der Waals surface area contributed by atoms with Crippen molar-refractivity contribution in [1.29, 1.82) is 0 Å². The molecule has 3 heteroatoms. The summed E-state index contributed by atoms with van der Waals surface area (Å²) in [5.41, 5.74) is 2.09. The Morgan fingerprint density at radius 2 is 2.00 bits per heavy atom. The van der Waals surface area contributed by atoms with Crippen LogP contribution in [0.15, 0.2) is 42.7 Å². The zero-order chi connectivity index (χ0) is 8.67. The Morgan fingerprint density at radius 3 is 3.00 bits per heavy atom. The molecular weight excluding hydrogens is 162 g/mol. The molecule has 2 aromatic heterocycles. The van der Waals surface area contributed by atoms with Gasteiger partial charge in [0.1, 0.15) is 0 Å². The molecule has 0 aliphatic carbocycles. The van der Waals surface area contributed by atoms with Gasteiger partial charge in [0, 0.05) is 12.4 Å². The maximum atomic E-state index is 4.37. The van der Waals surface area contributed by atoms with Crippen LogP contribution in [0.25, 0.3) is 16.8 Å². The van der Waals surface area contributed by atoms with E-state index in [4.69, 9.17) is 0 Å². The zero-order valence-electron chi connectivity index (χ0n) is 6.88. The number of para-hydroxylation sites is 2. The first-order valence-corrected chi connectivity index (χ1v) is 4.13. The van der Waals surface area contributed by atoms with Crippen LogP contribution in [-0.4, -0.2) is 14.4 Å². The summed E-state index contributed by atoms with van der Waals surface area (Å²) < 4.78 is 1.98. The Bertz CT molecular complexity index is 518. The largest absolute Gasteiger partial charge is 0.284 e. The van der Waals surface area contributed by atoms with Gasteiger partial charge in [0.15, 0.2) is 0 Å². The topological polar surface area (TPSA) is 30.2 Å². The van der Waals surface area contributed by atoms with Gasteiger partial charge < -0.3 is 0 Å². The van der Waals surface area contributed by atoms with E-state index in [1.54, 1.807) is 6.20 Å². The number of hydrogen-bond donors (Lipinski definition) is 0. The third kappa shape index (κ3) is 0.839. The van der Waals surface area contributed by atoms with Crippen molar-refractivity contribution in [3.05, 3.63) is 42.7 Å². The lowest BCUT2D eigenvalue weighted by atomic mass is 10.3. The van der Waals surface area contributed by atoms with Crippen LogP contribution in [-0.2, 0) is 0 Å². The van der Waals surface area contributed by atoms with Gasteiger partial charge in [0.2, 0.25) is 5.78 Å². The quantitative estimate of drug-likeness (QED) is 0.514. The van der Waals surface area contributed by atoms with Crippen LogP contribution in [0.2, 0.25) is 0 Å². The summed E-state index contributed by atoms with van der Waals surface area (Å²) in [6, 6.07) is 9.92. The molecule has 0 fully saturated rings. The molecule has 3 nitrogen and oxygen atoms in total. The second-order valence-electron chi connectivity index (χ2n) is 2.89. The predicted molar refractivity (Wildman–Crippen MR) is 50.5 cm³/mol. The monoisotopic (exact) mass is 169 g/mol. The first-order valence-electron chi connectivity index (χ1n) is 4.13. The average molecular weight is 169 g/mol. The maximum absolute atomic E-state index is 4.37. The number of aromatic nitrogens is 3. The molecule has 0 atom stereocenters. The molecule has 62 valence electrons. The number of nitrogens with zero attached hydrogens (tertiary/aromatic N) is 3. The van der Waals surface area contributed by atoms with Crippen molar-refractivity contribution in [3.63, 3.8) is 0 Å². The van der Waals surface area contributed by atoms with E-state index < -0.39 is 0 Å². The highest BCUT2D eigenvalue weighted by molar-refractivity contribution is 5.79. The van der Waals surface area contributed by atoms with Gasteiger partial charge in [-0.25, -0.2) is 9.97 Å². The molecule has 0 bridgehead atoms. The lowest BCUT2D eigenvalue weighted by Gasteiger charge is -1.90. The van der Waals surface area contributed by atoms with Crippen molar-refractivity contribution in [1.82, 2.24) is 14.4 Å². The molecule has 3 rings (SSSR count). The van der Waals surface area contributed by atoms with Gasteiger partial charge >= 0.3 is 0 Å². The molecule has 0 aliphatic rings. The Balaban J connectivity index is 2.64. The molecule has 13 heavy (non-hydrogen) atoms. The summed E-state index contributed by atoms with van der Waals surface area (Å²) in [5.74, 6) is 0.753. The van der Waals surface area contributed by atoms with E-state index >= 15 is 0 Å². The van der Waals surface area contributed by atoms with Gasteiger partial charge in [0.05, 0.1) is 11.0 Å². The van der Waals surface area contributed by atoms with Crippen molar-refractivity contribution >= 4 is 16.8 Å². The highest BCUT2D eigenvalue weighted by Crippen LogP contribution is 2.13. The number of rotatable bonds is 0. The lowest BCUT2D eigenvalue weighted by Crippen LogP contribution is -1.84. The van der Waals surface area contributed by atoms with Crippen LogP contribution in [0.5, 0.6) is 0 Å². The zero-order valence-corrected chi connectivity index (χ0v) is 6.88. The molecule has 0 spiro atoms. The lowest BCUT2D eigenvalue weighted by molar-refractivity contribution is 1.13. The fourth-order valence-corrected chi connectivity index (χ4v) is 1.50. The van der Waals surface area contributed by atoms with Crippen LogP contribution in [0.4, 0.5) is 0 Å². The maximum Gasteiger partial charge on any atom is 0.234 e. The SMILES string of the molecule is c1ccc2c(c1)nc1ncccn12. The number of imidazole rings is 1. The summed E-state index contributed by atoms with van der Waals surface area (Å²) in [4.78, 5) is 8.54. The molecule has 2 heterocycles. The highest BCUT2D eigenvalue weighted by atomic mass is 15.1. The molecule has 3 aromatic rings. The van der Waals surface area contributed by atoms with E-state index in [-0.39, 0.29) is 0 Å². The van der Waals surface area contributed by atoms with Crippen molar-refractivity contribution in [2.45, 2.75) is 0 Å². The third-order valence-electron chi connectivity index (χ3n) is 2.09. The van der Waals surface area contributed by atoms with Crippen LogP contribution < -0.4 is 0 Å². The predicted octanol–water partition coefficient (Wildman–Crippen LogP) is 1.88. The van der Waals surface area contributed by atoms with Crippen LogP contribution >= 0.6 is 0 Å². The number of hydrogen-bond acceptors (Lipinski definition) is 2. The Morgan fingerprint density at radius 1 is 1.08 bits per heavy atom. The molecule has 1 aromatic carbocycles. The van der Waals surface area contributed by atoms with Gasteiger partial charge in [0.25, 0.3) is 0 Å². The molecule has 0 saturated heterocycles. The molecular formula is C10H7N3. The average Bonchev–Trinajstić information content (AvgIpc) is 2.56. The summed E-state index contributed by atoms with van der Waals surface area (Å²) in [6.45, 7) is 0. The van der Waals surface area contributed by atoms with E-state index in [2.05, 4.69) is 9.97 Å². The Labute approximate surface area is 74.7 Å². The van der Waals surface area contributed by atoms with Crippen molar-refractivity contribution in [2.75, 3.05) is 0 Å². The van der Waals surface area contributed by atoms with Gasteiger partial charge in [-0.15, -0.1) is 0 Å². The minimum Gasteiger partial charge on any atom is -0.284 e. The number of fused-ring (bicyclic) bond motifs is 3. The minimum absolute atomic E-state index is 0.753. The van der Waals surface area contributed by atoms with Crippen molar-refractivity contribution in [2.24, 2.45) is 0 Å². The minimum atomic E-state index is 0.753. The van der Waals surface area contributed by atoms with E-state index in [1.165, 1.54) is 0 Å². The fraction of sp³-hybridized carbons (Fsp3) is 0. The molecule has 0 unspecified atom stereocenters. The first-order chi connectivity index (χ1) is 6.45. The van der Waals surface area contributed by atoms with Crippen LogP contribution in [0, 0.1) is 0 Å². The van der Waals surface area contributed by atoms with Gasteiger partial charge in [-0.1, -0.05) is 12.1 Å². The van der Waals surface area contributed by atoms with Crippen LogP contribution in [0.1, 0.15) is 0 Å². The third-order valence-corrected chi connectivity index (χ3v) is 2.09. The summed E-state index contributed by atoms with van der Waals surface area (Å²) >= 11 is 0. The van der Waals surface area contributed by atoms with Gasteiger partial charge in [-0.05, 0) is 18.2 Å².